The Hall–Kier alpha value is -2.56. The Morgan fingerprint density at radius 2 is 2.14 bits per heavy atom. The van der Waals surface area contributed by atoms with Gasteiger partial charge in [-0.1, -0.05) is 6.07 Å². The fraction of sp³-hybridized carbons (Fsp3) is 0.250. The van der Waals surface area contributed by atoms with E-state index >= 15 is 0 Å². The van der Waals surface area contributed by atoms with Crippen molar-refractivity contribution in [3.05, 3.63) is 53.9 Å². The Kier molecular flexibility index (Phi) is 4.77. The van der Waals surface area contributed by atoms with E-state index in [-0.39, 0.29) is 5.97 Å². The summed E-state index contributed by atoms with van der Waals surface area (Å²) in [5.41, 5.74) is 8.85. The molecule has 0 radical (unpaired) electrons. The molecule has 1 heterocycles. The zero-order chi connectivity index (χ0) is 15.2. The number of nitrogens with two attached hydrogens (primary N) is 1. The van der Waals surface area contributed by atoms with E-state index in [1.54, 1.807) is 25.3 Å². The number of hydrogen-bond donors (Lipinski definition) is 1. The number of carbonyl (C=O) groups is 1. The van der Waals surface area contributed by atoms with Crippen molar-refractivity contribution in [2.24, 2.45) is 0 Å². The number of esters is 1. The smallest absolute Gasteiger partial charge is 0.338 e. The van der Waals surface area contributed by atoms with E-state index < -0.39 is 0 Å². The quantitative estimate of drug-likeness (QED) is 0.675. The van der Waals surface area contributed by atoms with Crippen LogP contribution in [0.1, 0.15) is 23.0 Å². The normalized spacial score (nSPS) is 10.2. The highest BCUT2D eigenvalue weighted by Crippen LogP contribution is 2.24. The maximum Gasteiger partial charge on any atom is 0.338 e. The van der Waals surface area contributed by atoms with Gasteiger partial charge in [-0.05, 0) is 37.3 Å². The van der Waals surface area contributed by atoms with Crippen LogP contribution in [0.15, 0.2) is 42.6 Å². The highest BCUT2D eigenvalue weighted by Gasteiger charge is 2.11. The summed E-state index contributed by atoms with van der Waals surface area (Å²) >= 11 is 0. The van der Waals surface area contributed by atoms with Crippen LogP contribution in [0.4, 0.5) is 11.4 Å². The van der Waals surface area contributed by atoms with Gasteiger partial charge in [0.1, 0.15) is 0 Å². The molecule has 0 atom stereocenters. The van der Waals surface area contributed by atoms with Gasteiger partial charge in [0, 0.05) is 13.2 Å². The summed E-state index contributed by atoms with van der Waals surface area (Å²) in [6.07, 6.45) is 1.76. The summed E-state index contributed by atoms with van der Waals surface area (Å²) < 4.78 is 4.96. The minimum absolute atomic E-state index is 0.347. The maximum atomic E-state index is 11.7. The first kappa shape index (κ1) is 14.8. The van der Waals surface area contributed by atoms with Crippen LogP contribution in [0.3, 0.4) is 0 Å². The van der Waals surface area contributed by atoms with E-state index in [9.17, 15) is 4.79 Å². The third-order valence-corrected chi connectivity index (χ3v) is 3.08. The Morgan fingerprint density at radius 3 is 2.76 bits per heavy atom. The topological polar surface area (TPSA) is 68.5 Å². The van der Waals surface area contributed by atoms with E-state index in [2.05, 4.69) is 4.98 Å². The van der Waals surface area contributed by atoms with Gasteiger partial charge in [0.2, 0.25) is 0 Å². The molecule has 2 rings (SSSR count). The highest BCUT2D eigenvalue weighted by atomic mass is 16.5. The highest BCUT2D eigenvalue weighted by molar-refractivity contribution is 5.92. The van der Waals surface area contributed by atoms with Gasteiger partial charge in [-0.3, -0.25) is 4.98 Å². The molecule has 0 aliphatic heterocycles. The lowest BCUT2D eigenvalue weighted by molar-refractivity contribution is 0.0526. The van der Waals surface area contributed by atoms with Gasteiger partial charge in [0.15, 0.2) is 0 Å². The van der Waals surface area contributed by atoms with Crippen molar-refractivity contribution in [1.29, 1.82) is 0 Å². The van der Waals surface area contributed by atoms with Crippen molar-refractivity contribution in [3.63, 3.8) is 0 Å². The van der Waals surface area contributed by atoms with E-state index in [4.69, 9.17) is 10.5 Å². The number of nitrogens with zero attached hydrogens (tertiary/aromatic N) is 2. The summed E-state index contributed by atoms with van der Waals surface area (Å²) in [7, 11) is 1.93. The number of ether oxygens (including phenoxy) is 1. The number of hydrogen-bond acceptors (Lipinski definition) is 5. The van der Waals surface area contributed by atoms with Gasteiger partial charge in [0.25, 0.3) is 0 Å². The molecular weight excluding hydrogens is 266 g/mol. The minimum atomic E-state index is -0.358. The fourth-order valence-corrected chi connectivity index (χ4v) is 2.06. The zero-order valence-corrected chi connectivity index (χ0v) is 12.2. The van der Waals surface area contributed by atoms with Crippen LogP contribution in [0.2, 0.25) is 0 Å². The lowest BCUT2D eigenvalue weighted by atomic mass is 10.1. The molecule has 0 unspecified atom stereocenters. The number of aromatic nitrogens is 1. The first-order valence-corrected chi connectivity index (χ1v) is 6.79. The van der Waals surface area contributed by atoms with Crippen molar-refractivity contribution in [2.75, 3.05) is 24.3 Å². The molecule has 0 aliphatic carbocycles. The van der Waals surface area contributed by atoms with E-state index in [1.807, 2.05) is 36.2 Å². The third kappa shape index (κ3) is 3.72. The molecule has 0 amide bonds. The van der Waals surface area contributed by atoms with Crippen LogP contribution in [-0.2, 0) is 11.3 Å². The Bertz CT molecular complexity index is 614. The Balaban J connectivity index is 2.15. The summed E-state index contributed by atoms with van der Waals surface area (Å²) in [4.78, 5) is 17.9. The van der Waals surface area contributed by atoms with Crippen LogP contribution in [0, 0.1) is 0 Å². The molecule has 0 aliphatic rings. The number of rotatable bonds is 5. The molecule has 0 fully saturated rings. The van der Waals surface area contributed by atoms with E-state index in [0.717, 1.165) is 11.4 Å². The molecule has 1 aromatic heterocycles. The average molecular weight is 285 g/mol. The summed E-state index contributed by atoms with van der Waals surface area (Å²) in [6, 6.07) is 11.0. The molecule has 2 aromatic rings. The molecule has 5 nitrogen and oxygen atoms in total. The lowest BCUT2D eigenvalue weighted by Gasteiger charge is -2.21. The van der Waals surface area contributed by atoms with Crippen molar-refractivity contribution in [3.8, 4) is 0 Å². The average Bonchev–Trinajstić information content (AvgIpc) is 2.48. The van der Waals surface area contributed by atoms with Crippen molar-refractivity contribution in [2.45, 2.75) is 13.5 Å². The standard InChI is InChI=1S/C16H19N3O2/c1-3-21-16(20)12-7-8-15(14(17)10-12)19(2)11-13-6-4-5-9-18-13/h4-10H,3,11,17H2,1-2H3. The van der Waals surface area contributed by atoms with Gasteiger partial charge < -0.3 is 15.4 Å². The van der Waals surface area contributed by atoms with Crippen LogP contribution >= 0.6 is 0 Å². The predicted octanol–water partition coefficient (Wildman–Crippen LogP) is 2.48. The van der Waals surface area contributed by atoms with Crippen LogP contribution in [-0.4, -0.2) is 24.6 Å². The number of pyridine rings is 1. The van der Waals surface area contributed by atoms with E-state index in [1.165, 1.54) is 0 Å². The Morgan fingerprint density at radius 1 is 1.33 bits per heavy atom. The number of anilines is 2. The SMILES string of the molecule is CCOC(=O)c1ccc(N(C)Cc2ccccn2)c(N)c1. The van der Waals surface area contributed by atoms with Crippen LogP contribution < -0.4 is 10.6 Å². The number of nitrogen functional groups attached to an aromatic ring is 1. The third-order valence-electron chi connectivity index (χ3n) is 3.08. The molecule has 1 aromatic carbocycles. The molecule has 21 heavy (non-hydrogen) atoms. The maximum absolute atomic E-state index is 11.7. The van der Waals surface area contributed by atoms with Crippen molar-refractivity contribution in [1.82, 2.24) is 4.98 Å². The first-order valence-electron chi connectivity index (χ1n) is 6.79. The summed E-state index contributed by atoms with van der Waals surface area (Å²) in [5, 5.41) is 0. The zero-order valence-electron chi connectivity index (χ0n) is 12.2. The second-order valence-electron chi connectivity index (χ2n) is 4.67. The Labute approximate surface area is 124 Å². The summed E-state index contributed by atoms with van der Waals surface area (Å²) in [6.45, 7) is 2.76. The van der Waals surface area contributed by atoms with Gasteiger partial charge in [-0.2, -0.15) is 0 Å². The monoisotopic (exact) mass is 285 g/mol. The van der Waals surface area contributed by atoms with Gasteiger partial charge in [-0.15, -0.1) is 0 Å². The molecule has 0 spiro atoms. The molecule has 0 saturated heterocycles. The second kappa shape index (κ2) is 6.74. The lowest BCUT2D eigenvalue weighted by Crippen LogP contribution is -2.19. The van der Waals surface area contributed by atoms with Crippen molar-refractivity contribution < 1.29 is 9.53 Å². The molecule has 2 N–H and O–H groups in total. The second-order valence-corrected chi connectivity index (χ2v) is 4.67. The fourth-order valence-electron chi connectivity index (χ4n) is 2.06. The molecule has 110 valence electrons. The van der Waals surface area contributed by atoms with Gasteiger partial charge in [0.05, 0.1) is 35.8 Å². The molecule has 0 bridgehead atoms. The van der Waals surface area contributed by atoms with Crippen molar-refractivity contribution >= 4 is 17.3 Å². The molecule has 0 saturated carbocycles. The minimum Gasteiger partial charge on any atom is -0.462 e. The largest absolute Gasteiger partial charge is 0.462 e. The van der Waals surface area contributed by atoms with Crippen LogP contribution in [0.25, 0.3) is 0 Å². The van der Waals surface area contributed by atoms with Crippen LogP contribution in [0.5, 0.6) is 0 Å². The first-order chi connectivity index (χ1) is 10.1. The number of benzene rings is 1. The van der Waals surface area contributed by atoms with Gasteiger partial charge in [-0.25, -0.2) is 4.79 Å². The molecular formula is C16H19N3O2. The number of carbonyl (C=O) groups excluding carboxylic acids is 1. The van der Waals surface area contributed by atoms with Gasteiger partial charge >= 0.3 is 5.97 Å². The summed E-state index contributed by atoms with van der Waals surface area (Å²) in [5.74, 6) is -0.358. The van der Waals surface area contributed by atoms with E-state index in [0.29, 0.717) is 24.4 Å². The predicted molar refractivity (Wildman–Crippen MR) is 83.2 cm³/mol. The molecule has 5 heteroatoms.